The molecule has 0 bridgehead atoms. The van der Waals surface area contributed by atoms with E-state index in [1.807, 2.05) is 0 Å². The van der Waals surface area contributed by atoms with Crippen LogP contribution >= 0.6 is 0 Å². The summed E-state index contributed by atoms with van der Waals surface area (Å²) < 4.78 is 25.5. The number of hydrogen-bond acceptors (Lipinski definition) is 6. The van der Waals surface area contributed by atoms with E-state index in [1.165, 1.54) is 11.1 Å². The van der Waals surface area contributed by atoms with Crippen LogP contribution in [0.3, 0.4) is 0 Å². The van der Waals surface area contributed by atoms with Gasteiger partial charge in [-0.2, -0.15) is 0 Å². The molecule has 0 aliphatic carbocycles. The molecule has 7 rings (SSSR count). The molecule has 0 amide bonds. The molecule has 0 unspecified atom stereocenters. The topological polar surface area (TPSA) is 43.4 Å². The van der Waals surface area contributed by atoms with Crippen molar-refractivity contribution in [2.24, 2.45) is 0 Å². The van der Waals surface area contributed by atoms with Crippen LogP contribution in [0.15, 0.2) is 121 Å². The SMILES string of the molecule is Cc1ccc(N(c2ccc(C)cc2)c2ccc(N(c3ccc(B4OC(C)(C)C(C)(C)O4)cc3)c3ccc(B4OC(C)(C)C(C)(C)O4)cc3)cc2)cc1. The summed E-state index contributed by atoms with van der Waals surface area (Å²) in [4.78, 5) is 4.57. The monoisotopic (exact) mass is 692 g/mol. The highest BCUT2D eigenvalue weighted by Crippen LogP contribution is 2.41. The molecule has 6 nitrogen and oxygen atoms in total. The lowest BCUT2D eigenvalue weighted by molar-refractivity contribution is 0.00578. The smallest absolute Gasteiger partial charge is 0.399 e. The zero-order valence-corrected chi connectivity index (χ0v) is 32.2. The molecule has 8 heteroatoms. The molecule has 52 heavy (non-hydrogen) atoms. The Morgan fingerprint density at radius 2 is 0.519 bits per heavy atom. The van der Waals surface area contributed by atoms with Crippen LogP contribution < -0.4 is 20.7 Å². The van der Waals surface area contributed by atoms with Gasteiger partial charge in [-0.1, -0.05) is 59.7 Å². The van der Waals surface area contributed by atoms with Gasteiger partial charge in [0.1, 0.15) is 0 Å². The van der Waals surface area contributed by atoms with Gasteiger partial charge in [0.2, 0.25) is 0 Å². The van der Waals surface area contributed by atoms with Crippen molar-refractivity contribution in [3.63, 3.8) is 0 Å². The highest BCUT2D eigenvalue weighted by atomic mass is 16.7. The third-order valence-electron chi connectivity index (χ3n) is 11.3. The Morgan fingerprint density at radius 3 is 0.750 bits per heavy atom. The summed E-state index contributed by atoms with van der Waals surface area (Å²) in [6, 6.07) is 43.1. The normalized spacial score (nSPS) is 18.4. The first-order chi connectivity index (χ1) is 24.5. The average molecular weight is 693 g/mol. The molecular formula is C44H50B2N2O4. The van der Waals surface area contributed by atoms with Gasteiger partial charge in [0.25, 0.3) is 0 Å². The molecule has 266 valence electrons. The fraction of sp³-hybridized carbons (Fsp3) is 0.318. The van der Waals surface area contributed by atoms with E-state index in [2.05, 4.69) is 200 Å². The lowest BCUT2D eigenvalue weighted by Gasteiger charge is -2.32. The molecule has 0 N–H and O–H groups in total. The van der Waals surface area contributed by atoms with Crippen molar-refractivity contribution in [2.75, 3.05) is 9.80 Å². The number of nitrogens with zero attached hydrogens (tertiary/aromatic N) is 2. The van der Waals surface area contributed by atoms with Gasteiger partial charge >= 0.3 is 14.2 Å². The molecule has 0 saturated carbocycles. The highest BCUT2D eigenvalue weighted by Gasteiger charge is 2.52. The Bertz CT molecular complexity index is 1850. The van der Waals surface area contributed by atoms with Crippen LogP contribution in [0.5, 0.6) is 0 Å². The van der Waals surface area contributed by atoms with Crippen LogP contribution in [0.4, 0.5) is 34.1 Å². The summed E-state index contributed by atoms with van der Waals surface area (Å²) in [5.74, 6) is 0. The minimum atomic E-state index is -0.430. The first kappa shape index (κ1) is 36.0. The third kappa shape index (κ3) is 6.81. The Hall–Kier alpha value is -4.33. The molecule has 5 aromatic rings. The Morgan fingerprint density at radius 1 is 0.327 bits per heavy atom. The first-order valence-electron chi connectivity index (χ1n) is 18.3. The zero-order valence-electron chi connectivity index (χ0n) is 32.2. The van der Waals surface area contributed by atoms with Crippen molar-refractivity contribution in [2.45, 2.75) is 91.6 Å². The standard InChI is InChI=1S/C44H50B2N2O4/c1-31-11-19-35(20-12-31)47(36-21-13-32(2)14-22-36)39-27-29-40(30-28-39)48(37-23-15-33(16-24-37)45-49-41(3,4)42(5,6)50-45)38-25-17-34(18-26-38)46-51-43(7,8)44(9,10)52-46/h11-30H,1-10H3. The fourth-order valence-electron chi connectivity index (χ4n) is 6.55. The second kappa shape index (κ2) is 13.3. The maximum atomic E-state index is 6.37. The van der Waals surface area contributed by atoms with Crippen molar-refractivity contribution in [1.29, 1.82) is 0 Å². The van der Waals surface area contributed by atoms with Gasteiger partial charge in [-0.25, -0.2) is 0 Å². The van der Waals surface area contributed by atoms with E-state index in [0.717, 1.165) is 45.0 Å². The molecule has 0 atom stereocenters. The van der Waals surface area contributed by atoms with Gasteiger partial charge in [-0.15, -0.1) is 0 Å². The Labute approximate surface area is 311 Å². The van der Waals surface area contributed by atoms with Crippen LogP contribution in [0.2, 0.25) is 0 Å². The molecule has 2 heterocycles. The molecular weight excluding hydrogens is 642 g/mol. The minimum Gasteiger partial charge on any atom is -0.399 e. The maximum absolute atomic E-state index is 6.37. The predicted octanol–water partition coefficient (Wildman–Crippen LogP) is 9.84. The van der Waals surface area contributed by atoms with Crippen LogP contribution in [0.1, 0.15) is 66.5 Å². The van der Waals surface area contributed by atoms with Crippen molar-refractivity contribution >= 4 is 59.3 Å². The number of anilines is 6. The van der Waals surface area contributed by atoms with E-state index >= 15 is 0 Å². The molecule has 0 spiro atoms. The lowest BCUT2D eigenvalue weighted by atomic mass is 9.79. The van der Waals surface area contributed by atoms with Crippen molar-refractivity contribution < 1.29 is 18.6 Å². The summed E-state index contributed by atoms with van der Waals surface area (Å²) in [7, 11) is -0.860. The lowest BCUT2D eigenvalue weighted by Crippen LogP contribution is -2.41. The summed E-state index contributed by atoms with van der Waals surface area (Å²) in [6.07, 6.45) is 0. The molecule has 2 aliphatic rings. The summed E-state index contributed by atoms with van der Waals surface area (Å²) in [6.45, 7) is 20.9. The molecule has 2 aliphatic heterocycles. The van der Waals surface area contributed by atoms with Crippen molar-refractivity contribution in [3.05, 3.63) is 132 Å². The Kier molecular flexibility index (Phi) is 9.19. The van der Waals surface area contributed by atoms with Gasteiger partial charge in [-0.05, 0) is 153 Å². The number of aryl methyl sites for hydroxylation is 2. The third-order valence-corrected chi connectivity index (χ3v) is 11.3. The molecule has 0 aromatic heterocycles. The van der Waals surface area contributed by atoms with Crippen LogP contribution in [0, 0.1) is 13.8 Å². The van der Waals surface area contributed by atoms with Crippen LogP contribution in [0.25, 0.3) is 0 Å². The quantitative estimate of drug-likeness (QED) is 0.151. The molecule has 5 aromatic carbocycles. The Balaban J connectivity index is 1.25. The maximum Gasteiger partial charge on any atom is 0.494 e. The number of benzene rings is 5. The van der Waals surface area contributed by atoms with Crippen LogP contribution in [-0.4, -0.2) is 36.6 Å². The highest BCUT2D eigenvalue weighted by molar-refractivity contribution is 6.62. The molecule has 0 radical (unpaired) electrons. The summed E-state index contributed by atoms with van der Waals surface area (Å²) in [5, 5.41) is 0. The van der Waals surface area contributed by atoms with Gasteiger partial charge in [-0.3, -0.25) is 0 Å². The van der Waals surface area contributed by atoms with Gasteiger partial charge in [0.15, 0.2) is 0 Å². The first-order valence-corrected chi connectivity index (χ1v) is 18.3. The van der Waals surface area contributed by atoms with E-state index in [9.17, 15) is 0 Å². The van der Waals surface area contributed by atoms with E-state index in [0.29, 0.717) is 0 Å². The number of hydrogen-bond donors (Lipinski definition) is 0. The van der Waals surface area contributed by atoms with E-state index in [1.54, 1.807) is 0 Å². The largest absolute Gasteiger partial charge is 0.494 e. The second-order valence-electron chi connectivity index (χ2n) is 16.2. The van der Waals surface area contributed by atoms with Crippen molar-refractivity contribution in [1.82, 2.24) is 0 Å². The van der Waals surface area contributed by atoms with Crippen molar-refractivity contribution in [3.8, 4) is 0 Å². The number of rotatable bonds is 8. The summed E-state index contributed by atoms with van der Waals surface area (Å²) in [5.41, 5.74) is 9.15. The zero-order chi connectivity index (χ0) is 37.1. The van der Waals surface area contributed by atoms with E-state index in [-0.39, 0.29) is 0 Å². The van der Waals surface area contributed by atoms with Crippen LogP contribution in [-0.2, 0) is 18.6 Å². The fourth-order valence-corrected chi connectivity index (χ4v) is 6.55. The molecule has 2 saturated heterocycles. The van der Waals surface area contributed by atoms with Gasteiger partial charge in [0.05, 0.1) is 22.4 Å². The average Bonchev–Trinajstić information content (AvgIpc) is 3.47. The van der Waals surface area contributed by atoms with Gasteiger partial charge < -0.3 is 28.4 Å². The minimum absolute atomic E-state index is 0.409. The predicted molar refractivity (Wildman–Crippen MR) is 217 cm³/mol. The summed E-state index contributed by atoms with van der Waals surface area (Å²) >= 11 is 0. The van der Waals surface area contributed by atoms with E-state index in [4.69, 9.17) is 18.6 Å². The van der Waals surface area contributed by atoms with Gasteiger partial charge in [0, 0.05) is 34.1 Å². The second-order valence-corrected chi connectivity index (χ2v) is 16.2. The molecule has 2 fully saturated rings. The van der Waals surface area contributed by atoms with E-state index < -0.39 is 36.6 Å².